The molecule has 0 spiro atoms. The van der Waals surface area contributed by atoms with E-state index in [0.29, 0.717) is 5.92 Å². The van der Waals surface area contributed by atoms with E-state index in [0.717, 1.165) is 12.2 Å². The third-order valence-electron chi connectivity index (χ3n) is 2.79. The summed E-state index contributed by atoms with van der Waals surface area (Å²) in [5.74, 6) is 1.42. The molecule has 2 N–H and O–H groups in total. The minimum Gasteiger partial charge on any atom is -0.496 e. The molecule has 0 amide bonds. The zero-order chi connectivity index (χ0) is 11.4. The monoisotopic (exact) mass is 207 g/mol. The second-order valence-corrected chi connectivity index (χ2v) is 4.19. The topological polar surface area (TPSA) is 35.2 Å². The SMILES string of the molecule is CCc1cc(C(N)C(C)C)ccc1OC. The van der Waals surface area contributed by atoms with Gasteiger partial charge < -0.3 is 10.5 Å². The summed E-state index contributed by atoms with van der Waals surface area (Å²) in [5.41, 5.74) is 8.54. The van der Waals surface area contributed by atoms with Crippen molar-refractivity contribution in [1.29, 1.82) is 0 Å². The van der Waals surface area contributed by atoms with Gasteiger partial charge in [-0.25, -0.2) is 0 Å². The van der Waals surface area contributed by atoms with Gasteiger partial charge in [-0.3, -0.25) is 0 Å². The highest BCUT2D eigenvalue weighted by atomic mass is 16.5. The zero-order valence-electron chi connectivity index (χ0n) is 10.1. The predicted molar refractivity (Wildman–Crippen MR) is 64.1 cm³/mol. The van der Waals surface area contributed by atoms with E-state index in [1.165, 1.54) is 11.1 Å². The molecule has 1 aromatic rings. The summed E-state index contributed by atoms with van der Waals surface area (Å²) in [6.07, 6.45) is 0.974. The number of hydrogen-bond acceptors (Lipinski definition) is 2. The van der Waals surface area contributed by atoms with Crippen molar-refractivity contribution < 1.29 is 4.74 Å². The average Bonchev–Trinajstić information content (AvgIpc) is 2.26. The van der Waals surface area contributed by atoms with E-state index in [9.17, 15) is 0 Å². The van der Waals surface area contributed by atoms with E-state index < -0.39 is 0 Å². The Bertz CT molecular complexity index is 320. The van der Waals surface area contributed by atoms with Gasteiger partial charge in [0.15, 0.2) is 0 Å². The first-order chi connectivity index (χ1) is 7.10. The van der Waals surface area contributed by atoms with Crippen LogP contribution in [0.4, 0.5) is 0 Å². The lowest BCUT2D eigenvalue weighted by atomic mass is 9.95. The van der Waals surface area contributed by atoms with Crippen molar-refractivity contribution in [2.45, 2.75) is 33.2 Å². The fraction of sp³-hybridized carbons (Fsp3) is 0.538. The van der Waals surface area contributed by atoms with Crippen LogP contribution in [0.2, 0.25) is 0 Å². The van der Waals surface area contributed by atoms with Gasteiger partial charge >= 0.3 is 0 Å². The van der Waals surface area contributed by atoms with Crippen molar-refractivity contribution >= 4 is 0 Å². The molecule has 0 bridgehead atoms. The Morgan fingerprint density at radius 1 is 1.33 bits per heavy atom. The lowest BCUT2D eigenvalue weighted by Crippen LogP contribution is -2.16. The highest BCUT2D eigenvalue weighted by Crippen LogP contribution is 2.25. The van der Waals surface area contributed by atoms with Crippen LogP contribution in [0.15, 0.2) is 18.2 Å². The molecular weight excluding hydrogens is 186 g/mol. The van der Waals surface area contributed by atoms with Gasteiger partial charge in [-0.2, -0.15) is 0 Å². The Kier molecular flexibility index (Phi) is 4.15. The summed E-state index contributed by atoms with van der Waals surface area (Å²) < 4.78 is 5.29. The summed E-state index contributed by atoms with van der Waals surface area (Å²) in [4.78, 5) is 0. The van der Waals surface area contributed by atoms with E-state index in [4.69, 9.17) is 10.5 Å². The molecule has 0 radical (unpaired) electrons. The summed E-state index contributed by atoms with van der Waals surface area (Å²) in [6.45, 7) is 6.41. The van der Waals surface area contributed by atoms with Gasteiger partial charge in [0, 0.05) is 6.04 Å². The minimum atomic E-state index is 0.112. The van der Waals surface area contributed by atoms with Gasteiger partial charge in [0.05, 0.1) is 7.11 Å². The number of methoxy groups -OCH3 is 1. The first kappa shape index (κ1) is 12.1. The van der Waals surface area contributed by atoms with Crippen molar-refractivity contribution in [2.75, 3.05) is 7.11 Å². The van der Waals surface area contributed by atoms with Crippen LogP contribution in [-0.4, -0.2) is 7.11 Å². The second-order valence-electron chi connectivity index (χ2n) is 4.19. The third-order valence-corrected chi connectivity index (χ3v) is 2.79. The Hall–Kier alpha value is -1.02. The summed E-state index contributed by atoms with van der Waals surface area (Å²) in [5, 5.41) is 0. The van der Waals surface area contributed by atoms with E-state index in [1.54, 1.807) is 7.11 Å². The summed E-state index contributed by atoms with van der Waals surface area (Å²) in [7, 11) is 1.70. The molecule has 15 heavy (non-hydrogen) atoms. The number of aryl methyl sites for hydroxylation is 1. The fourth-order valence-corrected chi connectivity index (χ4v) is 1.67. The molecule has 1 rings (SSSR count). The molecule has 0 saturated carbocycles. The maximum Gasteiger partial charge on any atom is 0.122 e. The molecular formula is C13H21NO. The maximum atomic E-state index is 6.11. The molecule has 0 aliphatic heterocycles. The number of benzene rings is 1. The van der Waals surface area contributed by atoms with Crippen LogP contribution in [0.5, 0.6) is 5.75 Å². The predicted octanol–water partition coefficient (Wildman–Crippen LogP) is 2.91. The number of hydrogen-bond donors (Lipinski definition) is 1. The van der Waals surface area contributed by atoms with Crippen LogP contribution < -0.4 is 10.5 Å². The Balaban J connectivity index is 3.02. The van der Waals surface area contributed by atoms with Crippen LogP contribution in [0.1, 0.15) is 37.9 Å². The Labute approximate surface area is 92.4 Å². The molecule has 2 heteroatoms. The van der Waals surface area contributed by atoms with Gasteiger partial charge in [0.25, 0.3) is 0 Å². The quantitative estimate of drug-likeness (QED) is 0.824. The van der Waals surface area contributed by atoms with Gasteiger partial charge in [0.1, 0.15) is 5.75 Å². The van der Waals surface area contributed by atoms with E-state index in [1.807, 2.05) is 6.07 Å². The molecule has 84 valence electrons. The smallest absolute Gasteiger partial charge is 0.122 e. The van der Waals surface area contributed by atoms with Gasteiger partial charge in [0.2, 0.25) is 0 Å². The standard InChI is InChI=1S/C13H21NO/c1-5-10-8-11(13(14)9(2)3)6-7-12(10)15-4/h6-9,13H,5,14H2,1-4H3. The van der Waals surface area contributed by atoms with Crippen molar-refractivity contribution in [3.05, 3.63) is 29.3 Å². The van der Waals surface area contributed by atoms with Crippen molar-refractivity contribution in [1.82, 2.24) is 0 Å². The largest absolute Gasteiger partial charge is 0.496 e. The molecule has 2 nitrogen and oxygen atoms in total. The van der Waals surface area contributed by atoms with Crippen molar-refractivity contribution in [3.63, 3.8) is 0 Å². The lowest BCUT2D eigenvalue weighted by Gasteiger charge is -2.18. The number of nitrogens with two attached hydrogens (primary N) is 1. The molecule has 0 fully saturated rings. The molecule has 0 heterocycles. The zero-order valence-corrected chi connectivity index (χ0v) is 10.1. The van der Waals surface area contributed by atoms with E-state index >= 15 is 0 Å². The van der Waals surface area contributed by atoms with Crippen molar-refractivity contribution in [3.8, 4) is 5.75 Å². The molecule has 1 atom stereocenters. The molecule has 0 saturated heterocycles. The van der Waals surface area contributed by atoms with E-state index in [2.05, 4.69) is 32.9 Å². The molecule has 0 aliphatic rings. The number of ether oxygens (including phenoxy) is 1. The molecule has 1 aromatic carbocycles. The normalized spacial score (nSPS) is 12.9. The number of rotatable bonds is 4. The maximum absolute atomic E-state index is 6.11. The lowest BCUT2D eigenvalue weighted by molar-refractivity contribution is 0.409. The summed E-state index contributed by atoms with van der Waals surface area (Å²) in [6, 6.07) is 6.34. The molecule has 0 aromatic heterocycles. The molecule has 0 aliphatic carbocycles. The van der Waals surface area contributed by atoms with Crippen LogP contribution in [-0.2, 0) is 6.42 Å². The first-order valence-electron chi connectivity index (χ1n) is 5.52. The average molecular weight is 207 g/mol. The van der Waals surface area contributed by atoms with E-state index in [-0.39, 0.29) is 6.04 Å². The molecule has 1 unspecified atom stereocenters. The van der Waals surface area contributed by atoms with Gasteiger partial charge in [-0.05, 0) is 29.5 Å². The summed E-state index contributed by atoms with van der Waals surface area (Å²) >= 11 is 0. The van der Waals surface area contributed by atoms with Crippen LogP contribution in [0.25, 0.3) is 0 Å². The van der Waals surface area contributed by atoms with Gasteiger partial charge in [-0.15, -0.1) is 0 Å². The minimum absolute atomic E-state index is 0.112. The first-order valence-corrected chi connectivity index (χ1v) is 5.52. The van der Waals surface area contributed by atoms with Crippen LogP contribution in [0.3, 0.4) is 0 Å². The fourth-order valence-electron chi connectivity index (χ4n) is 1.67. The second kappa shape index (κ2) is 5.17. The Morgan fingerprint density at radius 3 is 2.47 bits per heavy atom. The Morgan fingerprint density at radius 2 is 2.00 bits per heavy atom. The highest BCUT2D eigenvalue weighted by Gasteiger charge is 2.12. The third kappa shape index (κ3) is 2.72. The van der Waals surface area contributed by atoms with Crippen LogP contribution >= 0.6 is 0 Å². The van der Waals surface area contributed by atoms with Crippen molar-refractivity contribution in [2.24, 2.45) is 11.7 Å². The highest BCUT2D eigenvalue weighted by molar-refractivity contribution is 5.38. The van der Waals surface area contributed by atoms with Gasteiger partial charge in [-0.1, -0.05) is 32.9 Å². The van der Waals surface area contributed by atoms with Crippen LogP contribution in [0, 0.1) is 5.92 Å².